The molecule has 1 saturated heterocycles. The summed E-state index contributed by atoms with van der Waals surface area (Å²) in [7, 11) is 0. The van der Waals surface area contributed by atoms with Crippen LogP contribution in [0, 0.1) is 0 Å². The number of nitrogens with zero attached hydrogens (tertiary/aromatic N) is 1. The lowest BCUT2D eigenvalue weighted by molar-refractivity contribution is 0.0697. The maximum absolute atomic E-state index is 10.8. The van der Waals surface area contributed by atoms with E-state index in [1.807, 2.05) is 12.1 Å². The molecule has 1 heterocycles. The Hall–Kier alpha value is -1.55. The summed E-state index contributed by atoms with van der Waals surface area (Å²) in [6.07, 6.45) is 3.52. The van der Waals surface area contributed by atoms with E-state index in [4.69, 9.17) is 5.11 Å². The number of carboxylic acid groups (broad SMARTS) is 1. The van der Waals surface area contributed by atoms with Gasteiger partial charge in [0, 0.05) is 24.8 Å². The molecule has 19 heavy (non-hydrogen) atoms. The van der Waals surface area contributed by atoms with Crippen molar-refractivity contribution in [3.63, 3.8) is 0 Å². The van der Waals surface area contributed by atoms with Crippen molar-refractivity contribution in [1.29, 1.82) is 0 Å². The van der Waals surface area contributed by atoms with E-state index < -0.39 is 5.97 Å². The van der Waals surface area contributed by atoms with Crippen molar-refractivity contribution < 1.29 is 9.90 Å². The van der Waals surface area contributed by atoms with Gasteiger partial charge in [0.1, 0.15) is 0 Å². The van der Waals surface area contributed by atoms with Crippen molar-refractivity contribution in [3.8, 4) is 0 Å². The van der Waals surface area contributed by atoms with Crippen molar-refractivity contribution in [2.45, 2.75) is 32.2 Å². The molecule has 1 fully saturated rings. The molecule has 1 aromatic rings. The van der Waals surface area contributed by atoms with Crippen LogP contribution in [0.15, 0.2) is 24.3 Å². The minimum absolute atomic E-state index is 0.336. The molecule has 0 radical (unpaired) electrons. The first kappa shape index (κ1) is 13.9. The maximum Gasteiger partial charge on any atom is 0.335 e. The number of carbonyl (C=O) groups is 1. The molecular formula is C15H22N2O2. The van der Waals surface area contributed by atoms with Gasteiger partial charge in [-0.05, 0) is 50.1 Å². The van der Waals surface area contributed by atoms with Crippen LogP contribution < -0.4 is 5.32 Å². The maximum atomic E-state index is 10.8. The van der Waals surface area contributed by atoms with Gasteiger partial charge < -0.3 is 15.3 Å². The summed E-state index contributed by atoms with van der Waals surface area (Å²) in [6, 6.07) is 7.50. The first-order chi connectivity index (χ1) is 9.19. The molecular weight excluding hydrogens is 240 g/mol. The highest BCUT2D eigenvalue weighted by molar-refractivity contribution is 5.87. The number of hydrogen-bond donors (Lipinski definition) is 2. The lowest BCUT2D eigenvalue weighted by Gasteiger charge is -2.32. The standard InChI is InChI=1S/C15H22N2O2/c1-2-9-17-10-7-14(8-11-17)16-13-5-3-12(4-6-13)15(18)19/h3-6,14,16H,2,7-11H2,1H3,(H,18,19). The van der Waals surface area contributed by atoms with Crippen molar-refractivity contribution >= 4 is 11.7 Å². The molecule has 0 bridgehead atoms. The monoisotopic (exact) mass is 262 g/mol. The fraction of sp³-hybridized carbons (Fsp3) is 0.533. The van der Waals surface area contributed by atoms with E-state index in [0.29, 0.717) is 11.6 Å². The van der Waals surface area contributed by atoms with E-state index in [1.165, 1.54) is 13.0 Å². The Morgan fingerprint density at radius 1 is 1.32 bits per heavy atom. The molecule has 0 atom stereocenters. The van der Waals surface area contributed by atoms with Crippen LogP contribution in [0.25, 0.3) is 0 Å². The second-order valence-electron chi connectivity index (χ2n) is 5.14. The normalized spacial score (nSPS) is 17.3. The summed E-state index contributed by atoms with van der Waals surface area (Å²) in [6.45, 7) is 5.71. The first-order valence-corrected chi connectivity index (χ1v) is 7.01. The Kier molecular flexibility index (Phi) is 4.80. The number of hydrogen-bond acceptors (Lipinski definition) is 3. The van der Waals surface area contributed by atoms with Crippen LogP contribution in [0.5, 0.6) is 0 Å². The predicted octanol–water partition coefficient (Wildman–Crippen LogP) is 2.67. The van der Waals surface area contributed by atoms with Crippen LogP contribution in [0.1, 0.15) is 36.5 Å². The average molecular weight is 262 g/mol. The molecule has 0 unspecified atom stereocenters. The molecule has 4 heteroatoms. The molecule has 2 rings (SSSR count). The van der Waals surface area contributed by atoms with Gasteiger partial charge in [-0.1, -0.05) is 6.92 Å². The van der Waals surface area contributed by atoms with Gasteiger partial charge in [-0.3, -0.25) is 0 Å². The van der Waals surface area contributed by atoms with Gasteiger partial charge in [-0.15, -0.1) is 0 Å². The molecule has 0 saturated carbocycles. The second kappa shape index (κ2) is 6.57. The molecule has 104 valence electrons. The lowest BCUT2D eigenvalue weighted by atomic mass is 10.0. The molecule has 4 nitrogen and oxygen atoms in total. The van der Waals surface area contributed by atoms with Gasteiger partial charge in [0.15, 0.2) is 0 Å². The molecule has 1 aliphatic rings. The van der Waals surface area contributed by atoms with Crippen molar-refractivity contribution in [2.75, 3.05) is 25.0 Å². The Labute approximate surface area is 114 Å². The Morgan fingerprint density at radius 3 is 2.47 bits per heavy atom. The van der Waals surface area contributed by atoms with E-state index in [-0.39, 0.29) is 0 Å². The SMILES string of the molecule is CCCN1CCC(Nc2ccc(C(=O)O)cc2)CC1. The van der Waals surface area contributed by atoms with E-state index in [0.717, 1.165) is 31.6 Å². The molecule has 0 amide bonds. The van der Waals surface area contributed by atoms with Crippen LogP contribution in [-0.4, -0.2) is 41.7 Å². The van der Waals surface area contributed by atoms with Gasteiger partial charge in [-0.2, -0.15) is 0 Å². The lowest BCUT2D eigenvalue weighted by Crippen LogP contribution is -2.39. The highest BCUT2D eigenvalue weighted by atomic mass is 16.4. The van der Waals surface area contributed by atoms with Crippen LogP contribution >= 0.6 is 0 Å². The van der Waals surface area contributed by atoms with Gasteiger partial charge in [-0.25, -0.2) is 4.79 Å². The summed E-state index contributed by atoms with van der Waals surface area (Å²) in [5.41, 5.74) is 1.35. The van der Waals surface area contributed by atoms with Crippen LogP contribution in [0.3, 0.4) is 0 Å². The summed E-state index contributed by atoms with van der Waals surface area (Å²) >= 11 is 0. The molecule has 0 spiro atoms. The number of benzene rings is 1. The van der Waals surface area contributed by atoms with Crippen molar-refractivity contribution in [1.82, 2.24) is 4.90 Å². The number of aromatic carboxylic acids is 1. The summed E-state index contributed by atoms with van der Waals surface area (Å²) in [5, 5.41) is 12.3. The van der Waals surface area contributed by atoms with E-state index in [9.17, 15) is 4.79 Å². The summed E-state index contributed by atoms with van der Waals surface area (Å²) in [4.78, 5) is 13.3. The van der Waals surface area contributed by atoms with Crippen molar-refractivity contribution in [3.05, 3.63) is 29.8 Å². The van der Waals surface area contributed by atoms with E-state index >= 15 is 0 Å². The number of rotatable bonds is 5. The zero-order valence-electron chi connectivity index (χ0n) is 11.4. The number of nitrogens with one attached hydrogen (secondary N) is 1. The van der Waals surface area contributed by atoms with E-state index in [2.05, 4.69) is 17.1 Å². The van der Waals surface area contributed by atoms with Crippen molar-refractivity contribution in [2.24, 2.45) is 0 Å². The highest BCUT2D eigenvalue weighted by Gasteiger charge is 2.18. The first-order valence-electron chi connectivity index (χ1n) is 7.01. The number of carboxylic acids is 1. The fourth-order valence-corrected chi connectivity index (χ4v) is 2.56. The topological polar surface area (TPSA) is 52.6 Å². The largest absolute Gasteiger partial charge is 0.478 e. The minimum Gasteiger partial charge on any atom is -0.478 e. The zero-order valence-corrected chi connectivity index (χ0v) is 11.4. The van der Waals surface area contributed by atoms with Crippen LogP contribution in [0.2, 0.25) is 0 Å². The molecule has 2 N–H and O–H groups in total. The Morgan fingerprint density at radius 2 is 1.95 bits per heavy atom. The molecule has 1 aliphatic heterocycles. The average Bonchev–Trinajstić information content (AvgIpc) is 2.42. The highest BCUT2D eigenvalue weighted by Crippen LogP contribution is 2.17. The van der Waals surface area contributed by atoms with Crippen LogP contribution in [-0.2, 0) is 0 Å². The van der Waals surface area contributed by atoms with E-state index in [1.54, 1.807) is 12.1 Å². The smallest absolute Gasteiger partial charge is 0.335 e. The Balaban J connectivity index is 1.83. The van der Waals surface area contributed by atoms with Gasteiger partial charge >= 0.3 is 5.97 Å². The number of anilines is 1. The summed E-state index contributed by atoms with van der Waals surface area (Å²) in [5.74, 6) is -0.876. The molecule has 0 aliphatic carbocycles. The Bertz CT molecular complexity index is 409. The van der Waals surface area contributed by atoms with Crippen LogP contribution in [0.4, 0.5) is 5.69 Å². The second-order valence-corrected chi connectivity index (χ2v) is 5.14. The van der Waals surface area contributed by atoms with Gasteiger partial charge in [0.25, 0.3) is 0 Å². The quantitative estimate of drug-likeness (QED) is 0.856. The minimum atomic E-state index is -0.876. The van der Waals surface area contributed by atoms with Gasteiger partial charge in [0.05, 0.1) is 5.56 Å². The van der Waals surface area contributed by atoms with Gasteiger partial charge in [0.2, 0.25) is 0 Å². The fourth-order valence-electron chi connectivity index (χ4n) is 2.56. The summed E-state index contributed by atoms with van der Waals surface area (Å²) < 4.78 is 0. The number of piperidine rings is 1. The third-order valence-electron chi connectivity index (χ3n) is 3.63. The third-order valence-corrected chi connectivity index (χ3v) is 3.63. The zero-order chi connectivity index (χ0) is 13.7. The molecule has 0 aromatic heterocycles. The predicted molar refractivity (Wildman–Crippen MR) is 76.8 cm³/mol. The number of likely N-dealkylation sites (tertiary alicyclic amines) is 1. The third kappa shape index (κ3) is 3.96. The molecule has 1 aromatic carbocycles.